The fraction of sp³-hybridized carbons (Fsp3) is 0.100. The third-order valence-electron chi connectivity index (χ3n) is 9.27. The van der Waals surface area contributed by atoms with Crippen LogP contribution in [0, 0.1) is 0 Å². The molecule has 0 heteroatoms. The van der Waals surface area contributed by atoms with Crippen LogP contribution in [-0.4, -0.2) is 0 Å². The Morgan fingerprint density at radius 2 is 0.875 bits per heavy atom. The van der Waals surface area contributed by atoms with Gasteiger partial charge in [0.15, 0.2) is 0 Å². The van der Waals surface area contributed by atoms with Gasteiger partial charge in [-0.2, -0.15) is 0 Å². The molecule has 0 saturated carbocycles. The highest BCUT2D eigenvalue weighted by atomic mass is 14.2. The molecule has 9 aromatic rings. The smallest absolute Gasteiger partial charge is 0.00141 e. The summed E-state index contributed by atoms with van der Waals surface area (Å²) in [5.41, 5.74) is 4.10. The predicted octanol–water partition coefficient (Wildman–Crippen LogP) is 11.6. The maximum absolute atomic E-state index is 2.45. The van der Waals surface area contributed by atoms with Crippen LogP contribution in [0.1, 0.15) is 26.3 Å². The van der Waals surface area contributed by atoms with Crippen molar-refractivity contribution in [3.05, 3.63) is 121 Å². The second kappa shape index (κ2) is 7.49. The van der Waals surface area contributed by atoms with Gasteiger partial charge in [0.25, 0.3) is 0 Å². The van der Waals surface area contributed by atoms with E-state index in [0.717, 1.165) is 0 Å². The van der Waals surface area contributed by atoms with Gasteiger partial charge in [0.05, 0.1) is 0 Å². The minimum absolute atomic E-state index is 0.141. The summed E-state index contributed by atoms with van der Waals surface area (Å²) < 4.78 is 0. The summed E-state index contributed by atoms with van der Waals surface area (Å²) in [5.74, 6) is 0. The Kier molecular flexibility index (Phi) is 4.15. The minimum Gasteiger partial charge on any atom is -0.0610 e. The van der Waals surface area contributed by atoms with Crippen molar-refractivity contribution in [2.75, 3.05) is 0 Å². The van der Waals surface area contributed by atoms with Gasteiger partial charge in [-0.05, 0) is 122 Å². The maximum Gasteiger partial charge on any atom is -0.00141 e. The van der Waals surface area contributed by atoms with Gasteiger partial charge >= 0.3 is 0 Å². The molecule has 9 aromatic carbocycles. The summed E-state index contributed by atoms with van der Waals surface area (Å²) in [4.78, 5) is 0. The highest BCUT2D eigenvalue weighted by Crippen LogP contribution is 2.46. The van der Waals surface area contributed by atoms with E-state index in [1.165, 1.54) is 92.1 Å². The molecule has 188 valence electrons. The molecule has 0 atom stereocenters. The Morgan fingerprint density at radius 3 is 1.45 bits per heavy atom. The maximum atomic E-state index is 2.45. The summed E-state index contributed by atoms with van der Waals surface area (Å²) in [6.07, 6.45) is 0. The summed E-state index contributed by atoms with van der Waals surface area (Å²) in [5, 5.41) is 18.9. The van der Waals surface area contributed by atoms with Gasteiger partial charge < -0.3 is 0 Å². The molecule has 0 amide bonds. The van der Waals surface area contributed by atoms with Crippen molar-refractivity contribution in [2.45, 2.75) is 26.2 Å². The van der Waals surface area contributed by atoms with Crippen molar-refractivity contribution >= 4 is 75.4 Å². The van der Waals surface area contributed by atoms with Crippen LogP contribution in [0.4, 0.5) is 0 Å². The predicted molar refractivity (Wildman–Crippen MR) is 175 cm³/mol. The van der Waals surface area contributed by atoms with Crippen LogP contribution < -0.4 is 0 Å². The van der Waals surface area contributed by atoms with E-state index in [1.807, 2.05) is 0 Å². The van der Waals surface area contributed by atoms with Crippen LogP contribution in [0.5, 0.6) is 0 Å². The number of hydrogen-bond acceptors (Lipinski definition) is 0. The first kappa shape index (κ1) is 22.2. The standard InChI is InChI=1S/C40H28/c1-40(2,3)28-16-13-23(14-17-28)29-18-15-25-9-6-12-32-35-21-26-19-33-30-10-4-7-24-8-5-11-31(37(24)30)34(33)20-27(26)22-36(35)39(29)38(25)32/h4-22H,1-3H3. The molecule has 0 heterocycles. The van der Waals surface area contributed by atoms with Crippen molar-refractivity contribution in [1.82, 2.24) is 0 Å². The zero-order chi connectivity index (χ0) is 26.7. The molecular weight excluding hydrogens is 480 g/mol. The van der Waals surface area contributed by atoms with E-state index in [-0.39, 0.29) is 5.41 Å². The van der Waals surface area contributed by atoms with Gasteiger partial charge in [-0.25, -0.2) is 0 Å². The molecule has 40 heavy (non-hydrogen) atoms. The number of benzene rings is 7. The molecular formula is C40H28. The highest BCUT2D eigenvalue weighted by molar-refractivity contribution is 6.36. The van der Waals surface area contributed by atoms with Gasteiger partial charge in [-0.1, -0.05) is 112 Å². The van der Waals surface area contributed by atoms with E-state index in [9.17, 15) is 0 Å². The van der Waals surface area contributed by atoms with E-state index >= 15 is 0 Å². The zero-order valence-corrected chi connectivity index (χ0v) is 23.0. The normalized spacial score (nSPS) is 12.9. The van der Waals surface area contributed by atoms with Crippen molar-refractivity contribution in [3.8, 4) is 11.1 Å². The lowest BCUT2D eigenvalue weighted by Gasteiger charge is -2.19. The number of rotatable bonds is 1. The van der Waals surface area contributed by atoms with E-state index in [0.29, 0.717) is 0 Å². The van der Waals surface area contributed by atoms with Crippen LogP contribution in [0.2, 0.25) is 0 Å². The molecule has 0 aromatic heterocycles. The van der Waals surface area contributed by atoms with Crippen LogP contribution >= 0.6 is 0 Å². The van der Waals surface area contributed by atoms with Gasteiger partial charge in [0.1, 0.15) is 0 Å². The molecule has 0 unspecified atom stereocenters. The van der Waals surface area contributed by atoms with Gasteiger partial charge in [-0.3, -0.25) is 0 Å². The van der Waals surface area contributed by atoms with Crippen LogP contribution in [0.3, 0.4) is 0 Å². The molecule has 0 aliphatic heterocycles. The Balaban J connectivity index is 1.40. The molecule has 0 bridgehead atoms. The summed E-state index contributed by atoms with van der Waals surface area (Å²) in [7, 11) is 0. The topological polar surface area (TPSA) is 0 Å². The molecule has 0 spiro atoms. The largest absolute Gasteiger partial charge is 0.0610 e. The Hall–Kier alpha value is -4.68. The quantitative estimate of drug-likeness (QED) is 0.207. The monoisotopic (exact) mass is 508 g/mol. The van der Waals surface area contributed by atoms with Crippen LogP contribution in [0.15, 0.2) is 115 Å². The van der Waals surface area contributed by atoms with Crippen molar-refractivity contribution in [1.29, 1.82) is 0 Å². The fourth-order valence-corrected chi connectivity index (χ4v) is 7.29. The molecule has 0 aliphatic carbocycles. The van der Waals surface area contributed by atoms with Gasteiger partial charge in [-0.15, -0.1) is 0 Å². The first-order valence-corrected chi connectivity index (χ1v) is 14.3. The molecule has 0 aliphatic rings. The lowest BCUT2D eigenvalue weighted by molar-refractivity contribution is 0.590. The first-order valence-electron chi connectivity index (χ1n) is 14.3. The third-order valence-corrected chi connectivity index (χ3v) is 9.27. The Bertz CT molecular complexity index is 2430. The SMILES string of the molecule is CC(C)(C)c1ccc(-c2ccc3cccc4c5cc6cc7c(cc6cc5c2c34)c2cccc3cccc7c32)cc1. The Labute approximate surface area is 233 Å². The minimum atomic E-state index is 0.141. The lowest BCUT2D eigenvalue weighted by atomic mass is 9.86. The van der Waals surface area contributed by atoms with E-state index in [1.54, 1.807) is 0 Å². The molecule has 0 nitrogen and oxygen atoms in total. The van der Waals surface area contributed by atoms with Crippen molar-refractivity contribution < 1.29 is 0 Å². The van der Waals surface area contributed by atoms with Crippen LogP contribution in [-0.2, 0) is 5.41 Å². The average molecular weight is 509 g/mol. The number of hydrogen-bond donors (Lipinski definition) is 0. The Morgan fingerprint density at radius 1 is 0.375 bits per heavy atom. The van der Waals surface area contributed by atoms with Crippen molar-refractivity contribution in [2.24, 2.45) is 0 Å². The molecule has 9 rings (SSSR count). The zero-order valence-electron chi connectivity index (χ0n) is 23.0. The summed E-state index contributed by atoms with van der Waals surface area (Å²) in [6.45, 7) is 6.84. The summed E-state index contributed by atoms with van der Waals surface area (Å²) >= 11 is 0. The third kappa shape index (κ3) is 2.86. The summed E-state index contributed by atoms with van der Waals surface area (Å²) in [6, 6.07) is 43.8. The molecule has 0 saturated heterocycles. The van der Waals surface area contributed by atoms with E-state index in [2.05, 4.69) is 136 Å². The van der Waals surface area contributed by atoms with Gasteiger partial charge in [0, 0.05) is 0 Å². The van der Waals surface area contributed by atoms with E-state index < -0.39 is 0 Å². The fourth-order valence-electron chi connectivity index (χ4n) is 7.29. The molecule has 0 N–H and O–H groups in total. The number of fused-ring (bicyclic) bond motifs is 7. The molecule has 0 fully saturated rings. The highest BCUT2D eigenvalue weighted by Gasteiger charge is 2.19. The second-order valence-corrected chi connectivity index (χ2v) is 12.6. The first-order chi connectivity index (χ1) is 19.5. The van der Waals surface area contributed by atoms with Gasteiger partial charge in [0.2, 0.25) is 0 Å². The average Bonchev–Trinajstić information content (AvgIpc) is 3.46. The van der Waals surface area contributed by atoms with Crippen LogP contribution in [0.25, 0.3) is 86.5 Å². The van der Waals surface area contributed by atoms with Crippen molar-refractivity contribution in [3.63, 3.8) is 0 Å². The second-order valence-electron chi connectivity index (χ2n) is 12.6. The lowest BCUT2D eigenvalue weighted by Crippen LogP contribution is -2.10. The van der Waals surface area contributed by atoms with E-state index in [4.69, 9.17) is 0 Å². The molecule has 0 radical (unpaired) electrons.